The van der Waals surface area contributed by atoms with Gasteiger partial charge in [0.15, 0.2) is 0 Å². The van der Waals surface area contributed by atoms with Gasteiger partial charge in [0.25, 0.3) is 10.0 Å². The largest absolute Gasteiger partial charge is 0.399 e. The number of nitrogen functional groups attached to an aromatic ring is 1. The van der Waals surface area contributed by atoms with Crippen LogP contribution in [0.15, 0.2) is 47.4 Å². The van der Waals surface area contributed by atoms with Crippen LogP contribution in [-0.4, -0.2) is 8.42 Å². The fourth-order valence-electron chi connectivity index (χ4n) is 1.67. The summed E-state index contributed by atoms with van der Waals surface area (Å²) < 4.78 is 40.3. The van der Waals surface area contributed by atoms with Crippen molar-refractivity contribution in [2.45, 2.75) is 11.8 Å². The van der Waals surface area contributed by atoms with Gasteiger partial charge in [-0.05, 0) is 31.2 Å². The van der Waals surface area contributed by atoms with Gasteiger partial charge in [0.1, 0.15) is 5.82 Å². The third-order valence-electron chi connectivity index (χ3n) is 2.63. The molecule has 2 rings (SSSR count). The van der Waals surface area contributed by atoms with E-state index < -0.39 is 15.8 Å². The fourth-order valence-corrected chi connectivity index (χ4v) is 3.02. The minimum Gasteiger partial charge on any atom is -0.399 e. The second-order valence-corrected chi connectivity index (χ2v) is 5.75. The van der Waals surface area contributed by atoms with Crippen molar-refractivity contribution >= 4 is 21.4 Å². The van der Waals surface area contributed by atoms with E-state index in [9.17, 15) is 12.8 Å². The minimum atomic E-state index is -3.86. The number of halogens is 1. The van der Waals surface area contributed by atoms with Crippen molar-refractivity contribution in [3.63, 3.8) is 0 Å². The average Bonchev–Trinajstić information content (AvgIpc) is 2.34. The molecule has 0 heterocycles. The van der Waals surface area contributed by atoms with Crippen molar-refractivity contribution in [3.05, 3.63) is 53.8 Å². The van der Waals surface area contributed by atoms with E-state index in [4.69, 9.17) is 5.73 Å². The van der Waals surface area contributed by atoms with E-state index >= 15 is 0 Å². The Kier molecular flexibility index (Phi) is 3.44. The molecule has 6 heteroatoms. The van der Waals surface area contributed by atoms with Crippen LogP contribution in [0.1, 0.15) is 5.56 Å². The van der Waals surface area contributed by atoms with Crippen molar-refractivity contribution in [3.8, 4) is 0 Å². The van der Waals surface area contributed by atoms with E-state index in [1.165, 1.54) is 13.0 Å². The molecule has 0 saturated carbocycles. The van der Waals surface area contributed by atoms with Crippen LogP contribution in [0.5, 0.6) is 0 Å². The Morgan fingerprint density at radius 2 is 1.79 bits per heavy atom. The second kappa shape index (κ2) is 4.89. The molecule has 2 aromatic carbocycles. The molecule has 0 radical (unpaired) electrons. The Bertz CT molecular complexity index is 700. The highest BCUT2D eigenvalue weighted by Crippen LogP contribution is 2.23. The molecule has 19 heavy (non-hydrogen) atoms. The van der Waals surface area contributed by atoms with Gasteiger partial charge in [0.2, 0.25) is 0 Å². The molecule has 0 amide bonds. The van der Waals surface area contributed by atoms with Crippen LogP contribution in [0.3, 0.4) is 0 Å². The summed E-state index contributed by atoms with van der Waals surface area (Å²) in [4.78, 5) is -0.158. The van der Waals surface area contributed by atoms with Gasteiger partial charge in [-0.1, -0.05) is 18.2 Å². The summed E-state index contributed by atoms with van der Waals surface area (Å²) in [5.41, 5.74) is 6.00. The molecule has 0 aromatic heterocycles. The average molecular weight is 280 g/mol. The Hall–Kier alpha value is -2.08. The van der Waals surface area contributed by atoms with E-state index in [2.05, 4.69) is 4.72 Å². The van der Waals surface area contributed by atoms with Gasteiger partial charge in [0.05, 0.1) is 4.90 Å². The van der Waals surface area contributed by atoms with E-state index in [1.807, 2.05) is 0 Å². The van der Waals surface area contributed by atoms with Crippen molar-refractivity contribution in [1.29, 1.82) is 0 Å². The maximum Gasteiger partial charge on any atom is 0.262 e. The molecule has 0 aliphatic heterocycles. The summed E-state index contributed by atoms with van der Waals surface area (Å²) in [5.74, 6) is -0.645. The first kappa shape index (κ1) is 13.4. The molecule has 4 nitrogen and oxygen atoms in total. The van der Waals surface area contributed by atoms with Crippen LogP contribution in [0.4, 0.5) is 15.8 Å². The highest BCUT2D eigenvalue weighted by molar-refractivity contribution is 7.92. The molecule has 0 spiro atoms. The summed E-state index contributed by atoms with van der Waals surface area (Å²) in [6.07, 6.45) is 0. The lowest BCUT2D eigenvalue weighted by atomic mass is 10.2. The number of hydrogen-bond donors (Lipinski definition) is 2. The van der Waals surface area contributed by atoms with Gasteiger partial charge >= 0.3 is 0 Å². The Balaban J connectivity index is 2.46. The monoisotopic (exact) mass is 280 g/mol. The fraction of sp³-hybridized carbons (Fsp3) is 0.0769. The molecule has 0 atom stereocenters. The predicted octanol–water partition coefficient (Wildman–Crippen LogP) is 2.52. The smallest absolute Gasteiger partial charge is 0.262 e. The number of rotatable bonds is 3. The number of benzene rings is 2. The Morgan fingerprint density at radius 3 is 2.42 bits per heavy atom. The standard InChI is InChI=1S/C13H13FN2O2S/c1-9-12(14)7-10(15)8-13(9)19(17,18)16-11-5-3-2-4-6-11/h2-8,16H,15H2,1H3. The molecule has 100 valence electrons. The lowest BCUT2D eigenvalue weighted by molar-refractivity contribution is 0.591. The zero-order valence-electron chi connectivity index (χ0n) is 10.2. The van der Waals surface area contributed by atoms with Crippen molar-refractivity contribution in [2.75, 3.05) is 10.5 Å². The molecule has 0 unspecified atom stereocenters. The zero-order chi connectivity index (χ0) is 14.0. The first-order valence-corrected chi connectivity index (χ1v) is 7.02. The Labute approximate surface area is 111 Å². The number of hydrogen-bond acceptors (Lipinski definition) is 3. The molecule has 0 saturated heterocycles. The van der Waals surface area contributed by atoms with Gasteiger partial charge in [-0.15, -0.1) is 0 Å². The third kappa shape index (κ3) is 2.85. The van der Waals surface area contributed by atoms with Gasteiger partial charge in [-0.3, -0.25) is 4.72 Å². The Morgan fingerprint density at radius 1 is 1.16 bits per heavy atom. The number of nitrogens with two attached hydrogens (primary N) is 1. The van der Waals surface area contributed by atoms with Crippen molar-refractivity contribution in [1.82, 2.24) is 0 Å². The van der Waals surface area contributed by atoms with Gasteiger partial charge in [-0.25, -0.2) is 12.8 Å². The van der Waals surface area contributed by atoms with E-state index in [-0.39, 0.29) is 16.1 Å². The van der Waals surface area contributed by atoms with E-state index in [0.29, 0.717) is 5.69 Å². The predicted molar refractivity (Wildman–Crippen MR) is 72.8 cm³/mol. The molecule has 3 N–H and O–H groups in total. The lowest BCUT2D eigenvalue weighted by Gasteiger charge is -2.11. The summed E-state index contributed by atoms with van der Waals surface area (Å²) in [7, 11) is -3.86. The second-order valence-electron chi connectivity index (χ2n) is 4.10. The van der Waals surface area contributed by atoms with Crippen LogP contribution in [0.25, 0.3) is 0 Å². The molecular weight excluding hydrogens is 267 g/mol. The van der Waals surface area contributed by atoms with Crippen molar-refractivity contribution in [2.24, 2.45) is 0 Å². The van der Waals surface area contributed by atoms with E-state index in [0.717, 1.165) is 6.07 Å². The zero-order valence-corrected chi connectivity index (χ0v) is 11.0. The summed E-state index contributed by atoms with van der Waals surface area (Å²) in [6.45, 7) is 1.40. The molecule has 0 aliphatic rings. The summed E-state index contributed by atoms with van der Waals surface area (Å²) >= 11 is 0. The lowest BCUT2D eigenvalue weighted by Crippen LogP contribution is -2.15. The number of para-hydroxylation sites is 1. The SMILES string of the molecule is Cc1c(F)cc(N)cc1S(=O)(=O)Nc1ccccc1. The van der Waals surface area contributed by atoms with Crippen LogP contribution in [0, 0.1) is 12.7 Å². The third-order valence-corrected chi connectivity index (χ3v) is 4.14. The first-order chi connectivity index (χ1) is 8.90. The van der Waals surface area contributed by atoms with Crippen LogP contribution in [-0.2, 0) is 10.0 Å². The minimum absolute atomic E-state index is 0.0395. The quantitative estimate of drug-likeness (QED) is 0.848. The van der Waals surface area contributed by atoms with Crippen LogP contribution < -0.4 is 10.5 Å². The van der Waals surface area contributed by atoms with Gasteiger partial charge in [-0.2, -0.15) is 0 Å². The molecule has 0 aliphatic carbocycles. The number of nitrogens with one attached hydrogen (secondary N) is 1. The van der Waals surface area contributed by atoms with Crippen molar-refractivity contribution < 1.29 is 12.8 Å². The molecular formula is C13H13FN2O2S. The van der Waals surface area contributed by atoms with Crippen LogP contribution >= 0.6 is 0 Å². The maximum absolute atomic E-state index is 13.5. The molecule has 2 aromatic rings. The molecule has 0 fully saturated rings. The highest BCUT2D eigenvalue weighted by Gasteiger charge is 2.19. The summed E-state index contributed by atoms with van der Waals surface area (Å²) in [6, 6.07) is 10.7. The van der Waals surface area contributed by atoms with Crippen LogP contribution in [0.2, 0.25) is 0 Å². The summed E-state index contributed by atoms with van der Waals surface area (Å²) in [5, 5.41) is 0. The highest BCUT2D eigenvalue weighted by atomic mass is 32.2. The van der Waals surface area contributed by atoms with E-state index in [1.54, 1.807) is 30.3 Å². The van der Waals surface area contributed by atoms with Gasteiger partial charge < -0.3 is 5.73 Å². The van der Waals surface area contributed by atoms with Gasteiger partial charge in [0, 0.05) is 16.9 Å². The normalized spacial score (nSPS) is 11.3. The molecule has 0 bridgehead atoms. The topological polar surface area (TPSA) is 72.2 Å². The number of anilines is 2. The first-order valence-electron chi connectivity index (χ1n) is 5.53. The maximum atomic E-state index is 13.5. The number of sulfonamides is 1.